The van der Waals surface area contributed by atoms with Gasteiger partial charge in [0.2, 0.25) is 0 Å². The van der Waals surface area contributed by atoms with Crippen molar-refractivity contribution in [1.29, 1.82) is 0 Å². The SMILES string of the molecule is CC(C)CN(C(=O)c1ccc(C#CCN)cc1)C1CC1. The van der Waals surface area contributed by atoms with Crippen LogP contribution in [0.4, 0.5) is 0 Å². The molecule has 1 amide bonds. The molecule has 3 heteroatoms. The number of carbonyl (C=O) groups excluding carboxylic acids is 1. The van der Waals surface area contributed by atoms with Gasteiger partial charge in [0.25, 0.3) is 5.91 Å². The second-order valence-electron chi connectivity index (χ2n) is 5.67. The van der Waals surface area contributed by atoms with Crippen LogP contribution in [-0.2, 0) is 0 Å². The van der Waals surface area contributed by atoms with Crippen molar-refractivity contribution in [1.82, 2.24) is 4.90 Å². The Labute approximate surface area is 121 Å². The first-order chi connectivity index (χ1) is 9.61. The molecule has 20 heavy (non-hydrogen) atoms. The van der Waals surface area contributed by atoms with E-state index < -0.39 is 0 Å². The van der Waals surface area contributed by atoms with Crippen LogP contribution in [-0.4, -0.2) is 29.9 Å². The molecule has 0 atom stereocenters. The van der Waals surface area contributed by atoms with Crippen LogP contribution in [0, 0.1) is 17.8 Å². The van der Waals surface area contributed by atoms with Crippen molar-refractivity contribution in [2.75, 3.05) is 13.1 Å². The Morgan fingerprint density at radius 2 is 2.00 bits per heavy atom. The number of rotatable bonds is 4. The second-order valence-corrected chi connectivity index (χ2v) is 5.67. The molecule has 0 bridgehead atoms. The molecule has 0 unspecified atom stereocenters. The summed E-state index contributed by atoms with van der Waals surface area (Å²) in [5.41, 5.74) is 6.99. The number of carbonyl (C=O) groups is 1. The van der Waals surface area contributed by atoms with Gasteiger partial charge in [0, 0.05) is 23.7 Å². The van der Waals surface area contributed by atoms with Gasteiger partial charge < -0.3 is 10.6 Å². The van der Waals surface area contributed by atoms with Crippen LogP contribution in [0.15, 0.2) is 24.3 Å². The van der Waals surface area contributed by atoms with Crippen molar-refractivity contribution in [2.45, 2.75) is 32.7 Å². The molecule has 0 aromatic heterocycles. The third kappa shape index (κ3) is 3.85. The monoisotopic (exact) mass is 270 g/mol. The minimum absolute atomic E-state index is 0.138. The van der Waals surface area contributed by atoms with Gasteiger partial charge in [-0.15, -0.1) is 0 Å². The Morgan fingerprint density at radius 3 is 2.50 bits per heavy atom. The largest absolute Gasteiger partial charge is 0.335 e. The van der Waals surface area contributed by atoms with E-state index in [0.717, 1.165) is 30.5 Å². The molecule has 2 rings (SSSR count). The minimum Gasteiger partial charge on any atom is -0.335 e. The lowest BCUT2D eigenvalue weighted by Gasteiger charge is -2.24. The zero-order valence-electron chi connectivity index (χ0n) is 12.2. The Morgan fingerprint density at radius 1 is 1.35 bits per heavy atom. The zero-order chi connectivity index (χ0) is 14.5. The highest BCUT2D eigenvalue weighted by Gasteiger charge is 2.33. The lowest BCUT2D eigenvalue weighted by Crippen LogP contribution is -2.36. The van der Waals surface area contributed by atoms with E-state index in [1.54, 1.807) is 0 Å². The van der Waals surface area contributed by atoms with Gasteiger partial charge in [-0.3, -0.25) is 4.79 Å². The molecule has 1 aliphatic carbocycles. The fourth-order valence-electron chi connectivity index (χ4n) is 2.19. The van der Waals surface area contributed by atoms with E-state index in [-0.39, 0.29) is 5.91 Å². The maximum Gasteiger partial charge on any atom is 0.254 e. The molecule has 0 saturated heterocycles. The third-order valence-corrected chi connectivity index (χ3v) is 3.28. The molecule has 1 aromatic rings. The first-order valence-corrected chi connectivity index (χ1v) is 7.21. The lowest BCUT2D eigenvalue weighted by atomic mass is 10.1. The molecule has 1 fully saturated rings. The highest BCUT2D eigenvalue weighted by atomic mass is 16.2. The first kappa shape index (κ1) is 14.6. The van der Waals surface area contributed by atoms with Gasteiger partial charge in [-0.25, -0.2) is 0 Å². The number of amides is 1. The molecule has 1 aliphatic rings. The Bertz CT molecular complexity index is 518. The van der Waals surface area contributed by atoms with Crippen LogP contribution in [0.2, 0.25) is 0 Å². The summed E-state index contributed by atoms with van der Waals surface area (Å²) in [4.78, 5) is 14.6. The summed E-state index contributed by atoms with van der Waals surface area (Å²) in [6.07, 6.45) is 2.27. The fourth-order valence-corrected chi connectivity index (χ4v) is 2.19. The summed E-state index contributed by atoms with van der Waals surface area (Å²) in [5, 5.41) is 0. The van der Waals surface area contributed by atoms with Crippen molar-refractivity contribution < 1.29 is 4.79 Å². The Hall–Kier alpha value is -1.79. The number of nitrogens with zero attached hydrogens (tertiary/aromatic N) is 1. The molecule has 0 spiro atoms. The standard InChI is InChI=1S/C17H22N2O/c1-13(2)12-19(16-9-10-16)17(20)15-7-5-14(6-8-15)4-3-11-18/h5-8,13,16H,9-12,18H2,1-2H3. The summed E-state index contributed by atoms with van der Waals surface area (Å²) in [7, 11) is 0. The van der Waals surface area contributed by atoms with Crippen molar-refractivity contribution in [2.24, 2.45) is 11.7 Å². The van der Waals surface area contributed by atoms with E-state index in [2.05, 4.69) is 25.7 Å². The highest BCUT2D eigenvalue weighted by Crippen LogP contribution is 2.29. The smallest absolute Gasteiger partial charge is 0.254 e. The first-order valence-electron chi connectivity index (χ1n) is 7.21. The van der Waals surface area contributed by atoms with Gasteiger partial charge in [0.05, 0.1) is 6.54 Å². The summed E-state index contributed by atoms with van der Waals surface area (Å²) < 4.78 is 0. The van der Waals surface area contributed by atoms with Crippen LogP contribution in [0.3, 0.4) is 0 Å². The number of hydrogen-bond acceptors (Lipinski definition) is 2. The van der Waals surface area contributed by atoms with Gasteiger partial charge in [0.15, 0.2) is 0 Å². The summed E-state index contributed by atoms with van der Waals surface area (Å²) in [6, 6.07) is 7.94. The fraction of sp³-hybridized carbons (Fsp3) is 0.471. The molecule has 1 aromatic carbocycles. The molecule has 106 valence electrons. The van der Waals surface area contributed by atoms with E-state index in [0.29, 0.717) is 18.5 Å². The van der Waals surface area contributed by atoms with Gasteiger partial charge >= 0.3 is 0 Å². The Kier molecular flexibility index (Phi) is 4.81. The maximum absolute atomic E-state index is 12.6. The maximum atomic E-state index is 12.6. The average Bonchev–Trinajstić information content (AvgIpc) is 3.26. The van der Waals surface area contributed by atoms with E-state index in [9.17, 15) is 4.79 Å². The molecular formula is C17H22N2O. The van der Waals surface area contributed by atoms with E-state index in [1.165, 1.54) is 0 Å². The average molecular weight is 270 g/mol. The van der Waals surface area contributed by atoms with Crippen molar-refractivity contribution in [3.05, 3.63) is 35.4 Å². The molecule has 2 N–H and O–H groups in total. The number of nitrogens with two attached hydrogens (primary N) is 1. The molecule has 3 nitrogen and oxygen atoms in total. The molecule has 0 heterocycles. The van der Waals surface area contributed by atoms with E-state index in [1.807, 2.05) is 29.2 Å². The number of hydrogen-bond donors (Lipinski definition) is 1. The molecule has 1 saturated carbocycles. The molecule has 0 aliphatic heterocycles. The van der Waals surface area contributed by atoms with Crippen LogP contribution in [0.1, 0.15) is 42.6 Å². The third-order valence-electron chi connectivity index (χ3n) is 3.28. The van der Waals surface area contributed by atoms with Crippen molar-refractivity contribution in [3.8, 4) is 11.8 Å². The predicted molar refractivity (Wildman–Crippen MR) is 81.3 cm³/mol. The van der Waals surface area contributed by atoms with Crippen LogP contribution < -0.4 is 5.73 Å². The lowest BCUT2D eigenvalue weighted by molar-refractivity contribution is 0.0722. The molecule has 0 radical (unpaired) electrons. The van der Waals surface area contributed by atoms with Gasteiger partial charge in [-0.05, 0) is 43.0 Å². The summed E-state index contributed by atoms with van der Waals surface area (Å²) in [6.45, 7) is 5.48. The quantitative estimate of drug-likeness (QED) is 0.853. The van der Waals surface area contributed by atoms with Crippen LogP contribution in [0.25, 0.3) is 0 Å². The Balaban J connectivity index is 2.10. The normalized spacial score (nSPS) is 13.8. The highest BCUT2D eigenvalue weighted by molar-refractivity contribution is 5.94. The van der Waals surface area contributed by atoms with Gasteiger partial charge in [0.1, 0.15) is 0 Å². The van der Waals surface area contributed by atoms with Crippen molar-refractivity contribution in [3.63, 3.8) is 0 Å². The zero-order valence-corrected chi connectivity index (χ0v) is 12.2. The van der Waals surface area contributed by atoms with Crippen molar-refractivity contribution >= 4 is 5.91 Å². The number of benzene rings is 1. The van der Waals surface area contributed by atoms with Crippen LogP contribution in [0.5, 0.6) is 0 Å². The second kappa shape index (κ2) is 6.58. The van der Waals surface area contributed by atoms with Gasteiger partial charge in [-0.1, -0.05) is 25.7 Å². The molecular weight excluding hydrogens is 248 g/mol. The van der Waals surface area contributed by atoms with Crippen LogP contribution >= 0.6 is 0 Å². The minimum atomic E-state index is 0.138. The summed E-state index contributed by atoms with van der Waals surface area (Å²) in [5.74, 6) is 6.41. The van der Waals surface area contributed by atoms with E-state index >= 15 is 0 Å². The topological polar surface area (TPSA) is 46.3 Å². The predicted octanol–water partition coefficient (Wildman–Crippen LogP) is 2.26. The summed E-state index contributed by atoms with van der Waals surface area (Å²) >= 11 is 0. The van der Waals surface area contributed by atoms with E-state index in [4.69, 9.17) is 5.73 Å². The van der Waals surface area contributed by atoms with Gasteiger partial charge in [-0.2, -0.15) is 0 Å².